The molecule has 0 fully saturated rings. The third-order valence-corrected chi connectivity index (χ3v) is 3.04. The molecule has 0 aliphatic carbocycles. The number of hydrogen-bond acceptors (Lipinski definition) is 3. The maximum Gasteiger partial charge on any atom is 0.161 e. The van der Waals surface area contributed by atoms with Crippen molar-refractivity contribution in [2.24, 2.45) is 0 Å². The van der Waals surface area contributed by atoms with Crippen LogP contribution in [0.25, 0.3) is 0 Å². The van der Waals surface area contributed by atoms with Crippen molar-refractivity contribution >= 4 is 0 Å². The first kappa shape index (κ1) is 14.6. The van der Waals surface area contributed by atoms with Gasteiger partial charge in [0.25, 0.3) is 0 Å². The van der Waals surface area contributed by atoms with Crippen LogP contribution in [0.4, 0.5) is 0 Å². The molecule has 0 saturated heterocycles. The van der Waals surface area contributed by atoms with E-state index in [1.54, 1.807) is 14.2 Å². The summed E-state index contributed by atoms with van der Waals surface area (Å²) < 4.78 is 10.6. The summed E-state index contributed by atoms with van der Waals surface area (Å²) in [6, 6.07) is 6.60. The Labute approximate surface area is 110 Å². The van der Waals surface area contributed by atoms with Crippen LogP contribution in [0.15, 0.2) is 30.9 Å². The van der Waals surface area contributed by atoms with Gasteiger partial charge in [-0.1, -0.05) is 19.1 Å². The standard InChI is InChI=1S/C15H23NO2/c1-6-11(3)16-13(7-2)12-8-9-14(17-4)15(10-12)18-5/h6,8-11,13,16H,1,7H2,2-5H3. The number of benzene rings is 1. The summed E-state index contributed by atoms with van der Waals surface area (Å²) in [5.74, 6) is 1.52. The van der Waals surface area contributed by atoms with Gasteiger partial charge in [0.15, 0.2) is 11.5 Å². The summed E-state index contributed by atoms with van der Waals surface area (Å²) in [6.45, 7) is 8.05. The normalized spacial score (nSPS) is 13.8. The van der Waals surface area contributed by atoms with Gasteiger partial charge in [-0.25, -0.2) is 0 Å². The summed E-state index contributed by atoms with van der Waals surface area (Å²) in [5.41, 5.74) is 1.20. The molecule has 0 heterocycles. The molecule has 2 atom stereocenters. The van der Waals surface area contributed by atoms with Crippen molar-refractivity contribution in [3.8, 4) is 11.5 Å². The second kappa shape index (κ2) is 7.07. The average Bonchev–Trinajstić information content (AvgIpc) is 2.43. The quantitative estimate of drug-likeness (QED) is 0.752. The van der Waals surface area contributed by atoms with Gasteiger partial charge >= 0.3 is 0 Å². The predicted molar refractivity (Wildman–Crippen MR) is 75.4 cm³/mol. The van der Waals surface area contributed by atoms with E-state index in [0.717, 1.165) is 17.9 Å². The second-order valence-electron chi connectivity index (χ2n) is 4.27. The van der Waals surface area contributed by atoms with Crippen molar-refractivity contribution in [2.45, 2.75) is 32.4 Å². The average molecular weight is 249 g/mol. The lowest BCUT2D eigenvalue weighted by atomic mass is 10.0. The molecule has 1 rings (SSSR count). The van der Waals surface area contributed by atoms with Crippen molar-refractivity contribution < 1.29 is 9.47 Å². The molecular weight excluding hydrogens is 226 g/mol. The number of hydrogen-bond donors (Lipinski definition) is 1. The fourth-order valence-electron chi connectivity index (χ4n) is 1.90. The molecular formula is C15H23NO2. The molecule has 0 bridgehead atoms. The molecule has 0 amide bonds. The van der Waals surface area contributed by atoms with Crippen LogP contribution in [0.1, 0.15) is 31.9 Å². The monoisotopic (exact) mass is 249 g/mol. The van der Waals surface area contributed by atoms with Gasteiger partial charge in [-0.2, -0.15) is 0 Å². The molecule has 0 aromatic heterocycles. The summed E-state index contributed by atoms with van der Waals surface area (Å²) in [5, 5.41) is 3.51. The highest BCUT2D eigenvalue weighted by Gasteiger charge is 2.13. The molecule has 18 heavy (non-hydrogen) atoms. The van der Waals surface area contributed by atoms with Gasteiger partial charge in [0.2, 0.25) is 0 Å². The number of ether oxygens (including phenoxy) is 2. The van der Waals surface area contributed by atoms with Crippen molar-refractivity contribution in [1.82, 2.24) is 5.32 Å². The minimum Gasteiger partial charge on any atom is -0.493 e. The second-order valence-corrected chi connectivity index (χ2v) is 4.27. The highest BCUT2D eigenvalue weighted by Crippen LogP contribution is 2.30. The molecule has 2 unspecified atom stereocenters. The first-order chi connectivity index (χ1) is 8.65. The van der Waals surface area contributed by atoms with E-state index in [0.29, 0.717) is 0 Å². The van der Waals surface area contributed by atoms with E-state index in [1.807, 2.05) is 18.2 Å². The Balaban J connectivity index is 2.95. The number of methoxy groups -OCH3 is 2. The molecule has 100 valence electrons. The fraction of sp³-hybridized carbons (Fsp3) is 0.467. The fourth-order valence-corrected chi connectivity index (χ4v) is 1.90. The van der Waals surface area contributed by atoms with E-state index in [1.165, 1.54) is 5.56 Å². The van der Waals surface area contributed by atoms with Gasteiger partial charge in [0.1, 0.15) is 0 Å². The third kappa shape index (κ3) is 3.50. The maximum absolute atomic E-state index is 5.33. The van der Waals surface area contributed by atoms with Crippen molar-refractivity contribution in [3.63, 3.8) is 0 Å². The van der Waals surface area contributed by atoms with Crippen LogP contribution < -0.4 is 14.8 Å². The van der Waals surface area contributed by atoms with Crippen LogP contribution in [-0.2, 0) is 0 Å². The van der Waals surface area contributed by atoms with Crippen molar-refractivity contribution in [1.29, 1.82) is 0 Å². The van der Waals surface area contributed by atoms with E-state index < -0.39 is 0 Å². The van der Waals surface area contributed by atoms with Crippen molar-refractivity contribution in [3.05, 3.63) is 36.4 Å². The zero-order valence-electron chi connectivity index (χ0n) is 11.7. The van der Waals surface area contributed by atoms with Gasteiger partial charge in [-0.05, 0) is 31.0 Å². The molecule has 3 nitrogen and oxygen atoms in total. The third-order valence-electron chi connectivity index (χ3n) is 3.04. The summed E-state index contributed by atoms with van der Waals surface area (Å²) in [6.07, 6.45) is 2.91. The molecule has 0 aliphatic rings. The lowest BCUT2D eigenvalue weighted by Gasteiger charge is -2.21. The van der Waals surface area contributed by atoms with E-state index in [4.69, 9.17) is 9.47 Å². The highest BCUT2D eigenvalue weighted by atomic mass is 16.5. The highest BCUT2D eigenvalue weighted by molar-refractivity contribution is 5.43. The molecule has 0 spiro atoms. The van der Waals surface area contributed by atoms with Gasteiger partial charge in [-0.15, -0.1) is 6.58 Å². The smallest absolute Gasteiger partial charge is 0.161 e. The molecule has 1 aromatic carbocycles. The minimum atomic E-state index is 0.281. The molecule has 1 aromatic rings. The van der Waals surface area contributed by atoms with Crippen LogP contribution in [0, 0.1) is 0 Å². The molecule has 0 aliphatic heterocycles. The van der Waals surface area contributed by atoms with Gasteiger partial charge < -0.3 is 14.8 Å². The van der Waals surface area contributed by atoms with Crippen LogP contribution in [0.3, 0.4) is 0 Å². The summed E-state index contributed by atoms with van der Waals surface area (Å²) in [7, 11) is 3.30. The number of nitrogens with one attached hydrogen (secondary N) is 1. The Morgan fingerprint density at radius 1 is 1.28 bits per heavy atom. The van der Waals surface area contributed by atoms with Gasteiger partial charge in [0, 0.05) is 12.1 Å². The van der Waals surface area contributed by atoms with Crippen LogP contribution >= 0.6 is 0 Å². The molecule has 0 saturated carbocycles. The van der Waals surface area contributed by atoms with Gasteiger partial charge in [0.05, 0.1) is 14.2 Å². The van der Waals surface area contributed by atoms with Crippen LogP contribution in [0.2, 0.25) is 0 Å². The van der Waals surface area contributed by atoms with E-state index in [2.05, 4.69) is 31.8 Å². The Morgan fingerprint density at radius 2 is 1.94 bits per heavy atom. The SMILES string of the molecule is C=CC(C)NC(CC)c1ccc(OC)c(OC)c1. The van der Waals surface area contributed by atoms with Gasteiger partial charge in [-0.3, -0.25) is 0 Å². The van der Waals surface area contributed by atoms with E-state index in [9.17, 15) is 0 Å². The minimum absolute atomic E-state index is 0.281. The van der Waals surface area contributed by atoms with E-state index >= 15 is 0 Å². The summed E-state index contributed by atoms with van der Waals surface area (Å²) in [4.78, 5) is 0. The Morgan fingerprint density at radius 3 is 2.44 bits per heavy atom. The first-order valence-electron chi connectivity index (χ1n) is 6.26. The number of rotatable bonds is 7. The van der Waals surface area contributed by atoms with E-state index in [-0.39, 0.29) is 12.1 Å². The van der Waals surface area contributed by atoms with Crippen LogP contribution in [-0.4, -0.2) is 20.3 Å². The lowest BCUT2D eigenvalue weighted by Crippen LogP contribution is -2.28. The predicted octanol–water partition coefficient (Wildman–Crippen LogP) is 3.32. The maximum atomic E-state index is 5.33. The lowest BCUT2D eigenvalue weighted by molar-refractivity contribution is 0.353. The molecule has 3 heteroatoms. The van der Waals surface area contributed by atoms with Crippen LogP contribution in [0.5, 0.6) is 11.5 Å². The zero-order valence-corrected chi connectivity index (χ0v) is 11.7. The molecule has 0 radical (unpaired) electrons. The first-order valence-corrected chi connectivity index (χ1v) is 6.26. The Bertz CT molecular complexity index is 390. The zero-order chi connectivity index (χ0) is 13.5. The Hall–Kier alpha value is -1.48. The Kier molecular flexibility index (Phi) is 5.72. The largest absolute Gasteiger partial charge is 0.493 e. The topological polar surface area (TPSA) is 30.5 Å². The van der Waals surface area contributed by atoms with Crippen molar-refractivity contribution in [2.75, 3.05) is 14.2 Å². The molecule has 1 N–H and O–H groups in total. The summed E-state index contributed by atoms with van der Waals surface area (Å²) >= 11 is 0.